The number of para-hydroxylation sites is 1. The molecule has 0 bridgehead atoms. The minimum Gasteiger partial charge on any atom is -0.506 e. The standard InChI is InChI=1S/C23H24I2N4O4/c1-13(2)12-33-23(32)28-20(9-15-11-26-19-6-4-3-5-16(15)19)22(31)29-27-10-14-7-17(24)21(30)18(25)8-14/h3-8,10-11,13,20,26,30H,9,12H2,1-2H3,(H,28,32)(H,29,31)/b27-10-/t20-/m0/s1. The van der Waals surface area contributed by atoms with Crippen LogP contribution in [0, 0.1) is 13.1 Å². The van der Waals surface area contributed by atoms with Crippen LogP contribution in [-0.2, 0) is 16.0 Å². The van der Waals surface area contributed by atoms with Gasteiger partial charge >= 0.3 is 6.09 Å². The fourth-order valence-electron chi connectivity index (χ4n) is 3.06. The number of amides is 2. The normalized spacial score (nSPS) is 12.3. The summed E-state index contributed by atoms with van der Waals surface area (Å²) in [6.07, 6.45) is 2.92. The van der Waals surface area contributed by atoms with Gasteiger partial charge in [0.25, 0.3) is 5.91 Å². The summed E-state index contributed by atoms with van der Waals surface area (Å²) in [5, 5.41) is 17.6. The number of H-pyrrole nitrogens is 1. The summed E-state index contributed by atoms with van der Waals surface area (Å²) in [4.78, 5) is 28.4. The van der Waals surface area contributed by atoms with E-state index in [2.05, 4.69) is 20.8 Å². The molecule has 2 aromatic carbocycles. The average Bonchev–Trinajstić information content (AvgIpc) is 3.18. The average molecular weight is 674 g/mol. The van der Waals surface area contributed by atoms with Crippen LogP contribution in [-0.4, -0.2) is 41.0 Å². The number of alkyl carbamates (subject to hydrolysis) is 1. The van der Waals surface area contributed by atoms with Crippen molar-refractivity contribution in [2.24, 2.45) is 11.0 Å². The Balaban J connectivity index is 1.74. The lowest BCUT2D eigenvalue weighted by Gasteiger charge is -2.17. The molecule has 0 aliphatic heterocycles. The summed E-state index contributed by atoms with van der Waals surface area (Å²) in [5.41, 5.74) is 5.06. The number of aromatic nitrogens is 1. The van der Waals surface area contributed by atoms with Crippen LogP contribution < -0.4 is 10.7 Å². The molecule has 1 aromatic heterocycles. The molecule has 0 unspecified atom stereocenters. The number of aromatic amines is 1. The Morgan fingerprint density at radius 3 is 2.61 bits per heavy atom. The molecule has 1 atom stereocenters. The number of hydrazone groups is 1. The SMILES string of the molecule is CC(C)COC(=O)N[C@@H](Cc1c[nH]c2ccccc12)C(=O)N/N=C\c1cc(I)c(O)c(I)c1. The van der Waals surface area contributed by atoms with E-state index in [0.29, 0.717) is 7.14 Å². The van der Waals surface area contributed by atoms with Crippen molar-refractivity contribution in [3.05, 3.63) is 60.9 Å². The minimum atomic E-state index is -0.888. The Morgan fingerprint density at radius 1 is 1.21 bits per heavy atom. The lowest BCUT2D eigenvalue weighted by molar-refractivity contribution is -0.123. The van der Waals surface area contributed by atoms with Crippen molar-refractivity contribution in [1.82, 2.24) is 15.7 Å². The van der Waals surface area contributed by atoms with Gasteiger partial charge in [0.15, 0.2) is 0 Å². The summed E-state index contributed by atoms with van der Waals surface area (Å²) in [5.74, 6) is -0.0846. The molecule has 174 valence electrons. The monoisotopic (exact) mass is 674 g/mol. The third-order valence-corrected chi connectivity index (χ3v) is 6.33. The van der Waals surface area contributed by atoms with Gasteiger partial charge in [-0.3, -0.25) is 4.79 Å². The minimum absolute atomic E-state index is 0.178. The molecular formula is C23H24I2N4O4. The summed E-state index contributed by atoms with van der Waals surface area (Å²) in [7, 11) is 0. The van der Waals surface area contributed by atoms with Gasteiger partial charge in [-0.15, -0.1) is 0 Å². The number of nitrogens with one attached hydrogen (secondary N) is 3. The Labute approximate surface area is 218 Å². The van der Waals surface area contributed by atoms with Gasteiger partial charge in [0.05, 0.1) is 20.0 Å². The smallest absolute Gasteiger partial charge is 0.407 e. The number of ether oxygens (including phenoxy) is 1. The molecule has 8 nitrogen and oxygen atoms in total. The predicted molar refractivity (Wildman–Crippen MR) is 144 cm³/mol. The maximum absolute atomic E-state index is 12.9. The number of hydrogen-bond acceptors (Lipinski definition) is 5. The first-order valence-corrected chi connectivity index (χ1v) is 12.4. The topological polar surface area (TPSA) is 116 Å². The summed E-state index contributed by atoms with van der Waals surface area (Å²) in [6, 6.07) is 10.4. The number of rotatable bonds is 8. The molecular weight excluding hydrogens is 650 g/mol. The van der Waals surface area contributed by atoms with Gasteiger partial charge in [0.2, 0.25) is 0 Å². The highest BCUT2D eigenvalue weighted by Gasteiger charge is 2.23. The molecule has 3 aromatic rings. The van der Waals surface area contributed by atoms with Crippen molar-refractivity contribution in [3.8, 4) is 5.75 Å². The van der Waals surface area contributed by atoms with Gasteiger partial charge < -0.3 is 20.1 Å². The van der Waals surface area contributed by atoms with Gasteiger partial charge in [-0.05, 0) is 80.4 Å². The third kappa shape index (κ3) is 7.06. The molecule has 0 saturated heterocycles. The fraction of sp³-hybridized carbons (Fsp3) is 0.261. The largest absolute Gasteiger partial charge is 0.506 e. The molecule has 1 heterocycles. The van der Waals surface area contributed by atoms with E-state index in [9.17, 15) is 14.7 Å². The van der Waals surface area contributed by atoms with Crippen LogP contribution in [0.3, 0.4) is 0 Å². The van der Waals surface area contributed by atoms with E-state index < -0.39 is 18.0 Å². The molecule has 0 aliphatic carbocycles. The van der Waals surface area contributed by atoms with Crippen LogP contribution >= 0.6 is 45.2 Å². The van der Waals surface area contributed by atoms with Crippen LogP contribution in [0.15, 0.2) is 47.7 Å². The molecule has 4 N–H and O–H groups in total. The van der Waals surface area contributed by atoms with E-state index in [1.54, 1.807) is 12.1 Å². The maximum atomic E-state index is 12.9. The van der Waals surface area contributed by atoms with Crippen molar-refractivity contribution in [2.45, 2.75) is 26.3 Å². The van der Waals surface area contributed by atoms with Crippen molar-refractivity contribution >= 4 is 74.3 Å². The first-order chi connectivity index (χ1) is 15.7. The number of fused-ring (bicyclic) bond motifs is 1. The van der Waals surface area contributed by atoms with Crippen molar-refractivity contribution in [1.29, 1.82) is 0 Å². The van der Waals surface area contributed by atoms with E-state index in [0.717, 1.165) is 22.0 Å². The highest BCUT2D eigenvalue weighted by atomic mass is 127. The molecule has 0 aliphatic rings. The zero-order valence-corrected chi connectivity index (χ0v) is 22.4. The van der Waals surface area contributed by atoms with E-state index >= 15 is 0 Å². The van der Waals surface area contributed by atoms with Crippen molar-refractivity contribution in [3.63, 3.8) is 0 Å². The van der Waals surface area contributed by atoms with Crippen LogP contribution in [0.5, 0.6) is 5.75 Å². The zero-order valence-electron chi connectivity index (χ0n) is 18.1. The summed E-state index contributed by atoms with van der Waals surface area (Å²) >= 11 is 4.05. The second-order valence-electron chi connectivity index (χ2n) is 7.82. The quantitative estimate of drug-likeness (QED) is 0.160. The molecule has 33 heavy (non-hydrogen) atoms. The Hall–Kier alpha value is -2.35. The highest BCUT2D eigenvalue weighted by Crippen LogP contribution is 2.26. The molecule has 2 amide bonds. The first kappa shape index (κ1) is 25.3. The fourth-order valence-corrected chi connectivity index (χ4v) is 4.88. The van der Waals surface area contributed by atoms with Crippen LogP contribution in [0.2, 0.25) is 0 Å². The number of carbonyl (C=O) groups is 2. The number of benzene rings is 2. The van der Waals surface area contributed by atoms with E-state index in [1.165, 1.54) is 6.21 Å². The predicted octanol–water partition coefficient (Wildman–Crippen LogP) is 4.53. The molecule has 0 fully saturated rings. The molecule has 3 rings (SSSR count). The number of carbonyl (C=O) groups excluding carboxylic acids is 2. The summed E-state index contributed by atoms with van der Waals surface area (Å²) < 4.78 is 6.56. The van der Waals surface area contributed by atoms with Crippen molar-refractivity contribution < 1.29 is 19.4 Å². The molecule has 10 heteroatoms. The highest BCUT2D eigenvalue weighted by molar-refractivity contribution is 14.1. The molecule has 0 radical (unpaired) electrons. The number of phenols is 1. The van der Waals surface area contributed by atoms with Gasteiger partial charge in [-0.1, -0.05) is 32.0 Å². The van der Waals surface area contributed by atoms with Gasteiger partial charge in [0.1, 0.15) is 11.8 Å². The van der Waals surface area contributed by atoms with Gasteiger partial charge in [-0.25, -0.2) is 10.2 Å². The maximum Gasteiger partial charge on any atom is 0.407 e. The van der Waals surface area contributed by atoms with Gasteiger partial charge in [0, 0.05) is 23.5 Å². The third-order valence-electron chi connectivity index (χ3n) is 4.68. The van der Waals surface area contributed by atoms with Crippen LogP contribution in [0.25, 0.3) is 10.9 Å². The first-order valence-electron chi connectivity index (χ1n) is 10.2. The van der Waals surface area contributed by atoms with Crippen LogP contribution in [0.4, 0.5) is 4.79 Å². The Morgan fingerprint density at radius 2 is 1.91 bits per heavy atom. The Kier molecular flexibility index (Phi) is 8.95. The second kappa shape index (κ2) is 11.7. The summed E-state index contributed by atoms with van der Waals surface area (Å²) in [6.45, 7) is 4.12. The number of phenolic OH excluding ortho intramolecular Hbond substituents is 1. The molecule has 0 spiro atoms. The van der Waals surface area contributed by atoms with E-state index in [1.807, 2.05) is 89.5 Å². The van der Waals surface area contributed by atoms with Gasteiger partial charge in [-0.2, -0.15) is 5.10 Å². The van der Waals surface area contributed by atoms with Crippen LogP contribution in [0.1, 0.15) is 25.0 Å². The zero-order chi connectivity index (χ0) is 24.0. The van der Waals surface area contributed by atoms with E-state index in [-0.39, 0.29) is 24.7 Å². The Bertz CT molecular complexity index is 1150. The lowest BCUT2D eigenvalue weighted by atomic mass is 10.0. The lowest BCUT2D eigenvalue weighted by Crippen LogP contribution is -2.47. The van der Waals surface area contributed by atoms with Crippen molar-refractivity contribution in [2.75, 3.05) is 6.61 Å². The number of hydrogen-bond donors (Lipinski definition) is 4. The number of aromatic hydroxyl groups is 1. The molecule has 0 saturated carbocycles. The number of nitrogens with zero attached hydrogens (tertiary/aromatic N) is 1. The number of halogens is 2. The van der Waals surface area contributed by atoms with E-state index in [4.69, 9.17) is 4.74 Å². The second-order valence-corrected chi connectivity index (χ2v) is 10.1.